The molecule has 3 aliphatic heterocycles. The molecule has 0 aliphatic carbocycles. The van der Waals surface area contributed by atoms with Crippen molar-refractivity contribution in [2.75, 3.05) is 7.11 Å². The Labute approximate surface area is 185 Å². The average Bonchev–Trinajstić information content (AvgIpc) is 2.76. The fraction of sp³-hybridized carbons (Fsp3) is 1.00. The lowest BCUT2D eigenvalue weighted by Crippen LogP contribution is -2.65. The third kappa shape index (κ3) is 4.95. The molecule has 0 spiro atoms. The summed E-state index contributed by atoms with van der Waals surface area (Å²) in [5.74, 6) is 0. The van der Waals surface area contributed by atoms with Crippen LogP contribution in [0.25, 0.3) is 0 Å². The summed E-state index contributed by atoms with van der Waals surface area (Å²) in [5.41, 5.74) is 0. The van der Waals surface area contributed by atoms with E-state index in [1.54, 1.807) is 6.92 Å². The Hall–Kier alpha value is -0.520. The average molecular weight is 470 g/mol. The summed E-state index contributed by atoms with van der Waals surface area (Å²) in [4.78, 5) is 0. The van der Waals surface area contributed by atoms with Crippen LogP contribution in [0.3, 0.4) is 0 Å². The van der Waals surface area contributed by atoms with Gasteiger partial charge in [0.15, 0.2) is 18.9 Å². The number of hydrogen-bond acceptors (Lipinski definition) is 13. The van der Waals surface area contributed by atoms with Gasteiger partial charge in [0.1, 0.15) is 54.9 Å². The van der Waals surface area contributed by atoms with Gasteiger partial charge in [-0.1, -0.05) is 0 Å². The molecule has 0 unspecified atom stereocenters. The first-order valence-electron chi connectivity index (χ1n) is 10.5. The molecule has 13 nitrogen and oxygen atoms in total. The third-order valence-electron chi connectivity index (χ3n) is 6.19. The van der Waals surface area contributed by atoms with E-state index in [1.165, 1.54) is 21.0 Å². The van der Waals surface area contributed by atoms with Gasteiger partial charge >= 0.3 is 0 Å². The SMILES string of the molecule is CO[C@@H]1O[C@H](C)[C@H](O)[C@H](O)[C@H]1O[C@@H]1O[C@@H](C)[C@@H](O)[C@H](O)[C@H]1O[C@H]1O[C@H](C)[C@@H](O)[C@@H](O)[C@H]1O. The van der Waals surface area contributed by atoms with Crippen molar-refractivity contribution in [3.05, 3.63) is 0 Å². The van der Waals surface area contributed by atoms with Gasteiger partial charge in [-0.15, -0.1) is 0 Å². The van der Waals surface area contributed by atoms with Crippen LogP contribution in [0.2, 0.25) is 0 Å². The molecule has 0 aromatic heterocycles. The number of aliphatic hydroxyl groups excluding tert-OH is 7. The Morgan fingerprint density at radius 2 is 0.844 bits per heavy atom. The van der Waals surface area contributed by atoms with Crippen molar-refractivity contribution < 1.29 is 64.2 Å². The quantitative estimate of drug-likeness (QED) is 0.206. The van der Waals surface area contributed by atoms with Crippen LogP contribution in [-0.4, -0.2) is 135 Å². The van der Waals surface area contributed by atoms with Crippen molar-refractivity contribution in [2.24, 2.45) is 0 Å². The van der Waals surface area contributed by atoms with Crippen LogP contribution in [0.5, 0.6) is 0 Å². The molecule has 3 saturated heterocycles. The molecule has 0 radical (unpaired) electrons. The van der Waals surface area contributed by atoms with Crippen LogP contribution in [0.15, 0.2) is 0 Å². The molecule has 3 aliphatic rings. The fourth-order valence-corrected chi connectivity index (χ4v) is 4.03. The summed E-state index contributed by atoms with van der Waals surface area (Å²) in [6.45, 7) is 4.48. The van der Waals surface area contributed by atoms with Crippen molar-refractivity contribution in [3.63, 3.8) is 0 Å². The molecule has 7 N–H and O–H groups in total. The largest absolute Gasteiger partial charge is 0.388 e. The van der Waals surface area contributed by atoms with E-state index < -0.39 is 92.1 Å². The third-order valence-corrected chi connectivity index (χ3v) is 6.19. The second-order valence-corrected chi connectivity index (χ2v) is 8.50. The standard InChI is InChI=1S/C19H34O13/c1-5-8(20)11(23)14(26)17(28-5)31-16-13(25)10(22)7(3)30-19(16)32-15-12(24)9(21)6(2)29-18(15)27-4/h5-26H,1-4H3/t5-,6-,7+,8-,9+,10-,11-,12+,13+,14-,15-,16-,17-,18-,19+/m1/s1. The Kier molecular flexibility index (Phi) is 8.48. The van der Waals surface area contributed by atoms with Crippen molar-refractivity contribution in [1.29, 1.82) is 0 Å². The number of rotatable bonds is 5. The van der Waals surface area contributed by atoms with Gasteiger partial charge in [0.05, 0.1) is 18.3 Å². The van der Waals surface area contributed by atoms with E-state index in [2.05, 4.69) is 0 Å². The van der Waals surface area contributed by atoms with E-state index in [0.29, 0.717) is 0 Å². The van der Waals surface area contributed by atoms with Crippen LogP contribution >= 0.6 is 0 Å². The van der Waals surface area contributed by atoms with Gasteiger partial charge in [0.2, 0.25) is 0 Å². The van der Waals surface area contributed by atoms with Crippen molar-refractivity contribution in [3.8, 4) is 0 Å². The molecule has 0 aromatic rings. The molecule has 0 bridgehead atoms. The predicted molar refractivity (Wildman–Crippen MR) is 102 cm³/mol. The number of aliphatic hydroxyl groups is 7. The summed E-state index contributed by atoms with van der Waals surface area (Å²) in [6, 6.07) is 0. The summed E-state index contributed by atoms with van der Waals surface area (Å²) in [5, 5.41) is 71.7. The van der Waals surface area contributed by atoms with Crippen LogP contribution in [0.1, 0.15) is 20.8 Å². The van der Waals surface area contributed by atoms with Gasteiger partial charge in [0, 0.05) is 7.11 Å². The van der Waals surface area contributed by atoms with Gasteiger partial charge < -0.3 is 64.2 Å². The fourth-order valence-electron chi connectivity index (χ4n) is 4.03. The van der Waals surface area contributed by atoms with Gasteiger partial charge in [-0.3, -0.25) is 0 Å². The van der Waals surface area contributed by atoms with E-state index in [-0.39, 0.29) is 0 Å². The Balaban J connectivity index is 1.81. The predicted octanol–water partition coefficient (Wildman–Crippen LogP) is -3.84. The van der Waals surface area contributed by atoms with Gasteiger partial charge in [0.25, 0.3) is 0 Å². The van der Waals surface area contributed by atoms with E-state index in [4.69, 9.17) is 28.4 Å². The molecule has 0 aromatic carbocycles. The van der Waals surface area contributed by atoms with Gasteiger partial charge in [-0.25, -0.2) is 0 Å². The highest BCUT2D eigenvalue weighted by Crippen LogP contribution is 2.32. The Morgan fingerprint density at radius 3 is 1.34 bits per heavy atom. The van der Waals surface area contributed by atoms with Crippen molar-refractivity contribution >= 4 is 0 Å². The Bertz CT molecular complexity index is 608. The molecular weight excluding hydrogens is 436 g/mol. The lowest BCUT2D eigenvalue weighted by Gasteiger charge is -2.48. The highest BCUT2D eigenvalue weighted by atomic mass is 16.8. The minimum Gasteiger partial charge on any atom is -0.388 e. The van der Waals surface area contributed by atoms with Gasteiger partial charge in [-0.2, -0.15) is 0 Å². The Morgan fingerprint density at radius 1 is 0.469 bits per heavy atom. The first-order chi connectivity index (χ1) is 15.0. The maximum atomic E-state index is 10.6. The van der Waals surface area contributed by atoms with Gasteiger partial charge in [-0.05, 0) is 20.8 Å². The van der Waals surface area contributed by atoms with Crippen LogP contribution in [0.4, 0.5) is 0 Å². The van der Waals surface area contributed by atoms with Crippen molar-refractivity contribution in [2.45, 2.75) is 113 Å². The molecule has 3 heterocycles. The first kappa shape index (κ1) is 26.1. The number of ether oxygens (including phenoxy) is 6. The minimum absolute atomic E-state index is 0.749. The number of methoxy groups -OCH3 is 1. The molecule has 3 fully saturated rings. The zero-order valence-electron chi connectivity index (χ0n) is 18.2. The lowest BCUT2D eigenvalue weighted by molar-refractivity contribution is -0.387. The summed E-state index contributed by atoms with van der Waals surface area (Å²) >= 11 is 0. The maximum absolute atomic E-state index is 10.6. The van der Waals surface area contributed by atoms with E-state index in [9.17, 15) is 35.7 Å². The number of hydrogen-bond donors (Lipinski definition) is 7. The highest BCUT2D eigenvalue weighted by molar-refractivity contribution is 4.94. The molecule has 13 heteroatoms. The minimum atomic E-state index is -1.68. The normalized spacial score (nSPS) is 55.0. The zero-order valence-corrected chi connectivity index (χ0v) is 18.2. The smallest absolute Gasteiger partial charge is 0.187 e. The topological polar surface area (TPSA) is 197 Å². The van der Waals surface area contributed by atoms with Crippen molar-refractivity contribution in [1.82, 2.24) is 0 Å². The summed E-state index contributed by atoms with van der Waals surface area (Å²) < 4.78 is 33.2. The molecule has 0 amide bonds. The molecule has 188 valence electrons. The molecular formula is C19H34O13. The molecule has 32 heavy (non-hydrogen) atoms. The maximum Gasteiger partial charge on any atom is 0.187 e. The van der Waals surface area contributed by atoms with E-state index >= 15 is 0 Å². The second-order valence-electron chi connectivity index (χ2n) is 8.50. The van der Waals surface area contributed by atoms with Crippen LogP contribution < -0.4 is 0 Å². The second kappa shape index (κ2) is 10.4. The highest BCUT2D eigenvalue weighted by Gasteiger charge is 2.52. The van der Waals surface area contributed by atoms with E-state index in [1.807, 2.05) is 0 Å². The van der Waals surface area contributed by atoms with E-state index in [0.717, 1.165) is 0 Å². The van der Waals surface area contributed by atoms with Crippen LogP contribution in [-0.2, 0) is 28.4 Å². The first-order valence-corrected chi connectivity index (χ1v) is 10.5. The van der Waals surface area contributed by atoms with Crippen LogP contribution in [0, 0.1) is 0 Å². The zero-order chi connectivity index (χ0) is 23.9. The monoisotopic (exact) mass is 470 g/mol. The molecule has 3 rings (SSSR count). The molecule has 0 saturated carbocycles. The lowest BCUT2D eigenvalue weighted by atomic mass is 9.97. The summed E-state index contributed by atoms with van der Waals surface area (Å²) in [7, 11) is 1.31. The summed E-state index contributed by atoms with van der Waals surface area (Å²) in [6.07, 6.45) is -19.7. The molecule has 15 atom stereocenters.